The maximum absolute atomic E-state index is 13.6. The fraction of sp³-hybridized carbons (Fsp3) is 0.381. The first kappa shape index (κ1) is 25.0. The van der Waals surface area contributed by atoms with Crippen molar-refractivity contribution in [3.8, 4) is 5.75 Å². The summed E-state index contributed by atoms with van der Waals surface area (Å²) >= 11 is 6.19. The molecule has 1 fully saturated rings. The molecule has 0 bridgehead atoms. The number of primary amides is 1. The quantitative estimate of drug-likeness (QED) is 0.315. The molecule has 0 aromatic heterocycles. The predicted octanol–water partition coefficient (Wildman–Crippen LogP) is 0.530. The standard InChI is InChI=1S/C21H21ClN2O8.ClH/c1-24(2)14-7-5-6-10(16(27)12-9(25)4-3-8(22)11(12)15(6)26)18(29)21(7,32)19(30)13(17(14)28)20(23)31;/h3-4,6-7,14-15,25-27,30,32H,5H2,1-2H3,(H2,23,31);1H/t6?,7?,14-,15?,21?;/m0./s1. The van der Waals surface area contributed by atoms with E-state index in [0.717, 1.165) is 0 Å². The summed E-state index contributed by atoms with van der Waals surface area (Å²) in [4.78, 5) is 39.8. The van der Waals surface area contributed by atoms with Gasteiger partial charge in [-0.2, -0.15) is 0 Å². The average Bonchev–Trinajstić information content (AvgIpc) is 2.69. The molecular formula is C21H22Cl2N2O8. The highest BCUT2D eigenvalue weighted by atomic mass is 35.5. The number of ketones is 2. The number of aliphatic hydroxyl groups is 4. The van der Waals surface area contributed by atoms with Crippen LogP contribution in [0.25, 0.3) is 5.76 Å². The van der Waals surface area contributed by atoms with Crippen molar-refractivity contribution in [1.82, 2.24) is 4.90 Å². The van der Waals surface area contributed by atoms with Crippen molar-refractivity contribution in [3.63, 3.8) is 0 Å². The molecule has 12 heteroatoms. The first-order valence-corrected chi connectivity index (χ1v) is 10.1. The van der Waals surface area contributed by atoms with Crippen LogP contribution in [0.5, 0.6) is 5.75 Å². The number of carbonyl (C=O) groups excluding carboxylic acids is 3. The summed E-state index contributed by atoms with van der Waals surface area (Å²) in [6.45, 7) is 0. The van der Waals surface area contributed by atoms with E-state index >= 15 is 0 Å². The zero-order valence-corrected chi connectivity index (χ0v) is 19.0. The number of nitrogens with two attached hydrogens (primary N) is 1. The molecule has 7 N–H and O–H groups in total. The molecule has 0 spiro atoms. The third-order valence-electron chi connectivity index (χ3n) is 6.64. The summed E-state index contributed by atoms with van der Waals surface area (Å²) < 4.78 is 0. The number of hydrogen-bond donors (Lipinski definition) is 6. The number of phenolic OH excluding ortho intramolecular Hbond substituents is 1. The number of phenols is 1. The second kappa shape index (κ2) is 8.00. The maximum Gasteiger partial charge on any atom is 0.255 e. The normalized spacial score (nSPS) is 31.1. The zero-order chi connectivity index (χ0) is 23.9. The smallest absolute Gasteiger partial charge is 0.255 e. The Hall–Kier alpha value is -2.63. The van der Waals surface area contributed by atoms with Crippen LogP contribution in [-0.4, -0.2) is 73.6 Å². The van der Waals surface area contributed by atoms with Crippen molar-refractivity contribution in [2.75, 3.05) is 14.1 Å². The largest absolute Gasteiger partial charge is 0.508 e. The zero-order valence-electron chi connectivity index (χ0n) is 17.4. The molecule has 4 rings (SSSR count). The van der Waals surface area contributed by atoms with E-state index in [2.05, 4.69) is 0 Å². The molecule has 178 valence electrons. The summed E-state index contributed by atoms with van der Waals surface area (Å²) in [7, 11) is 2.97. The summed E-state index contributed by atoms with van der Waals surface area (Å²) in [6.07, 6.45) is -1.70. The summed E-state index contributed by atoms with van der Waals surface area (Å²) in [6, 6.07) is 1.25. The molecule has 4 unspecified atom stereocenters. The number of nitrogens with zero attached hydrogens (tertiary/aromatic N) is 1. The molecular weight excluding hydrogens is 479 g/mol. The van der Waals surface area contributed by atoms with E-state index in [1.807, 2.05) is 0 Å². The molecule has 1 aromatic carbocycles. The van der Waals surface area contributed by atoms with Gasteiger partial charge in [-0.3, -0.25) is 19.3 Å². The van der Waals surface area contributed by atoms with Crippen LogP contribution in [-0.2, 0) is 14.4 Å². The number of rotatable bonds is 2. The number of aliphatic hydroxyl groups excluding tert-OH is 3. The van der Waals surface area contributed by atoms with Gasteiger partial charge in [-0.1, -0.05) is 11.6 Å². The van der Waals surface area contributed by atoms with E-state index in [-0.39, 0.29) is 35.0 Å². The van der Waals surface area contributed by atoms with Gasteiger partial charge in [-0.25, -0.2) is 0 Å². The lowest BCUT2D eigenvalue weighted by atomic mass is 9.57. The number of aromatic hydroxyl groups is 1. The number of likely N-dealkylation sites (N-methyl/N-ethyl adjacent to an activating group) is 1. The third kappa shape index (κ3) is 3.09. The van der Waals surface area contributed by atoms with E-state index in [9.17, 15) is 39.9 Å². The minimum Gasteiger partial charge on any atom is -0.508 e. The Kier molecular flexibility index (Phi) is 6.06. The van der Waals surface area contributed by atoms with E-state index < -0.39 is 75.5 Å². The first-order valence-electron chi connectivity index (χ1n) is 9.69. The molecule has 1 aromatic rings. The number of halogens is 2. The van der Waals surface area contributed by atoms with Crippen molar-refractivity contribution in [3.05, 3.63) is 45.2 Å². The van der Waals surface area contributed by atoms with Crippen LogP contribution in [0.3, 0.4) is 0 Å². The Morgan fingerprint density at radius 1 is 1.21 bits per heavy atom. The molecule has 1 saturated carbocycles. The number of benzene rings is 1. The van der Waals surface area contributed by atoms with Gasteiger partial charge in [0.25, 0.3) is 5.91 Å². The first-order chi connectivity index (χ1) is 14.8. The topological polar surface area (TPSA) is 182 Å². The number of fused-ring (bicyclic) bond motifs is 3. The molecule has 0 aliphatic heterocycles. The van der Waals surface area contributed by atoms with Crippen LogP contribution < -0.4 is 5.73 Å². The van der Waals surface area contributed by atoms with Crippen LogP contribution in [0.1, 0.15) is 23.7 Å². The molecule has 3 aliphatic rings. The molecule has 0 radical (unpaired) electrons. The van der Waals surface area contributed by atoms with Gasteiger partial charge in [-0.05, 0) is 32.6 Å². The molecule has 1 amide bonds. The number of Topliss-reactive ketones (excluding diaryl/α,β-unsaturated/α-hetero) is 2. The lowest BCUT2D eigenvalue weighted by molar-refractivity contribution is -0.155. The minimum atomic E-state index is -2.77. The highest BCUT2D eigenvalue weighted by molar-refractivity contribution is 6.32. The van der Waals surface area contributed by atoms with Gasteiger partial charge in [0.2, 0.25) is 5.78 Å². The second-order valence-corrected chi connectivity index (χ2v) is 8.87. The van der Waals surface area contributed by atoms with Crippen LogP contribution in [0.15, 0.2) is 29.0 Å². The molecule has 33 heavy (non-hydrogen) atoms. The van der Waals surface area contributed by atoms with Crippen LogP contribution in [0.2, 0.25) is 5.02 Å². The Bertz CT molecular complexity index is 1160. The van der Waals surface area contributed by atoms with E-state index in [4.69, 9.17) is 17.3 Å². The fourth-order valence-corrected chi connectivity index (χ4v) is 5.51. The van der Waals surface area contributed by atoms with Crippen molar-refractivity contribution in [2.24, 2.45) is 17.6 Å². The Morgan fingerprint density at radius 2 is 1.82 bits per heavy atom. The predicted molar refractivity (Wildman–Crippen MR) is 118 cm³/mol. The monoisotopic (exact) mass is 500 g/mol. The highest BCUT2D eigenvalue weighted by Crippen LogP contribution is 2.56. The Morgan fingerprint density at radius 3 is 2.36 bits per heavy atom. The molecule has 5 atom stereocenters. The van der Waals surface area contributed by atoms with Gasteiger partial charge in [-0.15, -0.1) is 12.4 Å². The van der Waals surface area contributed by atoms with Gasteiger partial charge in [0.15, 0.2) is 11.4 Å². The number of amides is 1. The lowest BCUT2D eigenvalue weighted by Crippen LogP contribution is -2.66. The van der Waals surface area contributed by atoms with Gasteiger partial charge < -0.3 is 31.3 Å². The lowest BCUT2D eigenvalue weighted by Gasteiger charge is -2.51. The van der Waals surface area contributed by atoms with Gasteiger partial charge in [0, 0.05) is 28.0 Å². The Labute approximate surface area is 199 Å². The summed E-state index contributed by atoms with van der Waals surface area (Å²) in [5, 5.41) is 54.4. The van der Waals surface area contributed by atoms with Crippen LogP contribution in [0.4, 0.5) is 0 Å². The Balaban J connectivity index is 0.00000306. The average molecular weight is 501 g/mol. The second-order valence-electron chi connectivity index (χ2n) is 8.47. The van der Waals surface area contributed by atoms with Crippen molar-refractivity contribution in [1.29, 1.82) is 0 Å². The van der Waals surface area contributed by atoms with Crippen molar-refractivity contribution < 1.29 is 39.9 Å². The van der Waals surface area contributed by atoms with Gasteiger partial charge >= 0.3 is 0 Å². The molecule has 0 heterocycles. The van der Waals surface area contributed by atoms with Crippen LogP contribution in [0, 0.1) is 11.8 Å². The minimum absolute atomic E-state index is 0. The number of hydrogen-bond acceptors (Lipinski definition) is 9. The maximum atomic E-state index is 13.6. The third-order valence-corrected chi connectivity index (χ3v) is 6.97. The van der Waals surface area contributed by atoms with E-state index in [0.29, 0.717) is 0 Å². The van der Waals surface area contributed by atoms with Crippen LogP contribution >= 0.6 is 24.0 Å². The van der Waals surface area contributed by atoms with Crippen molar-refractivity contribution in [2.45, 2.75) is 24.2 Å². The fourth-order valence-electron chi connectivity index (χ4n) is 5.24. The molecule has 10 nitrogen and oxygen atoms in total. The molecule has 3 aliphatic carbocycles. The van der Waals surface area contributed by atoms with Gasteiger partial charge in [0.05, 0.1) is 17.7 Å². The summed E-state index contributed by atoms with van der Waals surface area (Å²) in [5.41, 5.74) is 0.845. The van der Waals surface area contributed by atoms with E-state index in [1.54, 1.807) is 0 Å². The highest BCUT2D eigenvalue weighted by Gasteiger charge is 2.65. The van der Waals surface area contributed by atoms with E-state index in [1.165, 1.54) is 31.1 Å². The SMILES string of the molecule is CN(C)[C@@H]1C(=O)C(C(N)=O)=C(O)C2(O)C(=O)C3=C(O)c4c(O)ccc(Cl)c4C(O)C3CC12.Cl. The van der Waals surface area contributed by atoms with Crippen molar-refractivity contribution >= 4 is 47.2 Å². The summed E-state index contributed by atoms with van der Waals surface area (Å²) in [5.74, 6) is -8.19. The molecule has 0 saturated heterocycles. The number of carbonyl (C=O) groups is 3. The van der Waals surface area contributed by atoms with Gasteiger partial charge in [0.1, 0.15) is 22.8 Å².